The quantitative estimate of drug-likeness (QED) is 0.681. The molecule has 1 saturated heterocycles. The van der Waals surface area contributed by atoms with Crippen LogP contribution >= 0.6 is 0 Å². The van der Waals surface area contributed by atoms with Gasteiger partial charge in [-0.25, -0.2) is 23.3 Å². The van der Waals surface area contributed by atoms with E-state index in [1.165, 1.54) is 16.9 Å². The summed E-state index contributed by atoms with van der Waals surface area (Å²) >= 11 is 0. The van der Waals surface area contributed by atoms with Crippen LogP contribution in [0.1, 0.15) is 12.8 Å². The predicted molar refractivity (Wildman–Crippen MR) is 95.0 cm³/mol. The van der Waals surface area contributed by atoms with Gasteiger partial charge in [-0.2, -0.15) is 5.10 Å². The van der Waals surface area contributed by atoms with Gasteiger partial charge >= 0.3 is 0 Å². The second-order valence-corrected chi connectivity index (χ2v) is 6.29. The number of fused-ring (bicyclic) bond motifs is 1. The maximum atomic E-state index is 12.3. The maximum Gasteiger partial charge on any atom is 0.272 e. The van der Waals surface area contributed by atoms with Crippen LogP contribution in [0.2, 0.25) is 0 Å². The van der Waals surface area contributed by atoms with Crippen molar-refractivity contribution >= 4 is 11.3 Å². The van der Waals surface area contributed by atoms with Crippen molar-refractivity contribution in [2.45, 2.75) is 25.3 Å². The second kappa shape index (κ2) is 7.78. The van der Waals surface area contributed by atoms with E-state index in [2.05, 4.69) is 30.7 Å². The van der Waals surface area contributed by atoms with Crippen LogP contribution in [0.25, 0.3) is 16.8 Å². The summed E-state index contributed by atoms with van der Waals surface area (Å²) < 4.78 is 31.0. The van der Waals surface area contributed by atoms with Crippen LogP contribution in [0.15, 0.2) is 31.0 Å². The molecule has 0 spiro atoms. The molecule has 1 aliphatic rings. The molecule has 142 valence electrons. The molecule has 27 heavy (non-hydrogen) atoms. The SMILES string of the molecule is FC(F)COc1cn2ncc(-c3cncc(NC4CCCNC4)n3)c2cn1. The number of piperidine rings is 1. The van der Waals surface area contributed by atoms with Crippen LogP contribution in [0.5, 0.6) is 5.88 Å². The van der Waals surface area contributed by atoms with Gasteiger partial charge in [-0.3, -0.25) is 4.98 Å². The van der Waals surface area contributed by atoms with Gasteiger partial charge in [0, 0.05) is 18.2 Å². The number of ether oxygens (including phenoxy) is 1. The monoisotopic (exact) mass is 375 g/mol. The van der Waals surface area contributed by atoms with Gasteiger partial charge in [0.1, 0.15) is 5.82 Å². The van der Waals surface area contributed by atoms with E-state index < -0.39 is 13.0 Å². The van der Waals surface area contributed by atoms with Gasteiger partial charge in [0.05, 0.1) is 42.2 Å². The number of hydrogen-bond acceptors (Lipinski definition) is 7. The van der Waals surface area contributed by atoms with Gasteiger partial charge in [0.25, 0.3) is 6.43 Å². The van der Waals surface area contributed by atoms with Crippen LogP contribution in [-0.2, 0) is 0 Å². The van der Waals surface area contributed by atoms with Crippen LogP contribution in [0.3, 0.4) is 0 Å². The first kappa shape index (κ1) is 17.5. The van der Waals surface area contributed by atoms with Crippen molar-refractivity contribution in [1.29, 1.82) is 0 Å². The summed E-state index contributed by atoms with van der Waals surface area (Å²) in [5.41, 5.74) is 2.09. The zero-order valence-corrected chi connectivity index (χ0v) is 14.5. The Labute approximate surface area is 154 Å². The highest BCUT2D eigenvalue weighted by Crippen LogP contribution is 2.24. The molecule has 10 heteroatoms. The number of aromatic nitrogens is 5. The normalized spacial score (nSPS) is 17.4. The lowest BCUT2D eigenvalue weighted by atomic mass is 10.1. The van der Waals surface area contributed by atoms with E-state index >= 15 is 0 Å². The summed E-state index contributed by atoms with van der Waals surface area (Å²) in [6.07, 6.45) is 7.63. The number of hydrogen-bond donors (Lipinski definition) is 2. The summed E-state index contributed by atoms with van der Waals surface area (Å²) in [7, 11) is 0. The summed E-state index contributed by atoms with van der Waals surface area (Å²) in [6, 6.07) is 0.323. The molecule has 4 rings (SSSR count). The van der Waals surface area contributed by atoms with E-state index in [0.29, 0.717) is 23.1 Å². The molecule has 0 aromatic carbocycles. The predicted octanol–water partition coefficient (Wildman–Crippen LogP) is 1.99. The molecule has 1 fully saturated rings. The lowest BCUT2D eigenvalue weighted by molar-refractivity contribution is 0.0793. The summed E-state index contributed by atoms with van der Waals surface area (Å²) in [5.74, 6) is 0.786. The summed E-state index contributed by atoms with van der Waals surface area (Å²) in [4.78, 5) is 13.0. The second-order valence-electron chi connectivity index (χ2n) is 6.29. The third-order valence-electron chi connectivity index (χ3n) is 4.30. The molecule has 2 N–H and O–H groups in total. The number of halogens is 2. The van der Waals surface area contributed by atoms with Crippen molar-refractivity contribution < 1.29 is 13.5 Å². The van der Waals surface area contributed by atoms with E-state index in [0.717, 1.165) is 31.5 Å². The molecule has 0 amide bonds. The smallest absolute Gasteiger partial charge is 0.272 e. The fourth-order valence-electron chi connectivity index (χ4n) is 3.04. The zero-order valence-electron chi connectivity index (χ0n) is 14.5. The molecule has 0 aliphatic carbocycles. The van der Waals surface area contributed by atoms with E-state index in [-0.39, 0.29) is 5.88 Å². The number of nitrogens with zero attached hydrogens (tertiary/aromatic N) is 5. The lowest BCUT2D eigenvalue weighted by Gasteiger charge is -2.24. The molecule has 0 saturated carbocycles. The van der Waals surface area contributed by atoms with E-state index in [9.17, 15) is 8.78 Å². The molecular weight excluding hydrogens is 356 g/mol. The standard InChI is InChI=1S/C17H19F2N7O/c18-15(19)10-27-17-9-26-14(7-22-17)12(5-23-26)13-6-21-8-16(25-13)24-11-2-1-3-20-4-11/h5-9,11,15,20H,1-4,10H2,(H,24,25). The van der Waals surface area contributed by atoms with Crippen molar-refractivity contribution in [3.05, 3.63) is 31.0 Å². The molecule has 1 atom stereocenters. The Morgan fingerprint density at radius 2 is 2.22 bits per heavy atom. The lowest BCUT2D eigenvalue weighted by Crippen LogP contribution is -2.38. The molecule has 0 radical (unpaired) electrons. The Hall–Kier alpha value is -2.88. The van der Waals surface area contributed by atoms with Crippen molar-refractivity contribution in [2.75, 3.05) is 25.0 Å². The highest BCUT2D eigenvalue weighted by Gasteiger charge is 2.15. The third kappa shape index (κ3) is 4.11. The van der Waals surface area contributed by atoms with Gasteiger partial charge < -0.3 is 15.4 Å². The zero-order chi connectivity index (χ0) is 18.6. The van der Waals surface area contributed by atoms with Crippen molar-refractivity contribution in [3.63, 3.8) is 0 Å². The topological polar surface area (TPSA) is 89.3 Å². The summed E-state index contributed by atoms with van der Waals surface area (Å²) in [6.45, 7) is 1.23. The molecular formula is C17H19F2N7O. The van der Waals surface area contributed by atoms with Crippen molar-refractivity contribution in [2.24, 2.45) is 0 Å². The van der Waals surface area contributed by atoms with Crippen molar-refractivity contribution in [1.82, 2.24) is 29.9 Å². The van der Waals surface area contributed by atoms with Crippen LogP contribution in [0, 0.1) is 0 Å². The number of nitrogens with one attached hydrogen (secondary N) is 2. The molecule has 3 aromatic heterocycles. The Morgan fingerprint density at radius 3 is 3.04 bits per heavy atom. The Bertz CT molecular complexity index is 911. The summed E-state index contributed by atoms with van der Waals surface area (Å²) in [5, 5.41) is 11.0. The number of rotatable bonds is 6. The molecule has 1 aliphatic heterocycles. The van der Waals surface area contributed by atoms with E-state index in [4.69, 9.17) is 4.74 Å². The first-order valence-electron chi connectivity index (χ1n) is 8.73. The molecule has 3 aromatic rings. The number of alkyl halides is 2. The highest BCUT2D eigenvalue weighted by molar-refractivity contribution is 5.77. The van der Waals surface area contributed by atoms with Gasteiger partial charge in [-0.1, -0.05) is 0 Å². The largest absolute Gasteiger partial charge is 0.470 e. The Kier molecular flexibility index (Phi) is 5.05. The van der Waals surface area contributed by atoms with Crippen LogP contribution in [0.4, 0.5) is 14.6 Å². The van der Waals surface area contributed by atoms with Crippen LogP contribution in [-0.4, -0.2) is 56.7 Å². The Morgan fingerprint density at radius 1 is 1.30 bits per heavy atom. The van der Waals surface area contributed by atoms with Gasteiger partial charge in [0.15, 0.2) is 6.61 Å². The minimum atomic E-state index is -2.56. The van der Waals surface area contributed by atoms with Gasteiger partial charge in [0.2, 0.25) is 5.88 Å². The average Bonchev–Trinajstić information content (AvgIpc) is 3.11. The van der Waals surface area contributed by atoms with Crippen molar-refractivity contribution in [3.8, 4) is 17.1 Å². The van der Waals surface area contributed by atoms with Crippen LogP contribution < -0.4 is 15.4 Å². The third-order valence-corrected chi connectivity index (χ3v) is 4.30. The van der Waals surface area contributed by atoms with Gasteiger partial charge in [-0.15, -0.1) is 0 Å². The maximum absolute atomic E-state index is 12.3. The van der Waals surface area contributed by atoms with Gasteiger partial charge in [-0.05, 0) is 19.4 Å². The molecule has 1 unspecified atom stereocenters. The highest BCUT2D eigenvalue weighted by atomic mass is 19.3. The first-order chi connectivity index (χ1) is 13.2. The average molecular weight is 375 g/mol. The Balaban J connectivity index is 1.55. The molecule has 4 heterocycles. The molecule has 0 bridgehead atoms. The van der Waals surface area contributed by atoms with E-state index in [1.807, 2.05) is 0 Å². The molecule has 8 nitrogen and oxygen atoms in total. The fourth-order valence-corrected chi connectivity index (χ4v) is 3.04. The first-order valence-corrected chi connectivity index (χ1v) is 8.73. The van der Waals surface area contributed by atoms with E-state index in [1.54, 1.807) is 18.6 Å². The minimum Gasteiger partial charge on any atom is -0.470 e. The fraction of sp³-hybridized carbons (Fsp3) is 0.412. The minimum absolute atomic E-state index is 0.0868. The number of anilines is 1.